The Morgan fingerprint density at radius 1 is 1.15 bits per heavy atom. The van der Waals surface area contributed by atoms with Crippen LogP contribution >= 0.6 is 0 Å². The van der Waals surface area contributed by atoms with Crippen molar-refractivity contribution in [3.05, 3.63) is 29.8 Å². The van der Waals surface area contributed by atoms with Crippen LogP contribution in [0.1, 0.15) is 5.56 Å². The standard InChI is InChI=1S/C10H15NO2/c11-10-3-1-9(2-4-10)5-7-13-8-6-12/h1-4,12H,5-8,11H2. The molecule has 0 bridgehead atoms. The Balaban J connectivity index is 2.25. The summed E-state index contributed by atoms with van der Waals surface area (Å²) in [5, 5.41) is 8.46. The van der Waals surface area contributed by atoms with Crippen LogP contribution in [-0.4, -0.2) is 24.9 Å². The minimum atomic E-state index is 0.0851. The molecule has 1 aromatic carbocycles. The van der Waals surface area contributed by atoms with Crippen LogP contribution in [0.15, 0.2) is 24.3 Å². The minimum absolute atomic E-state index is 0.0851. The third kappa shape index (κ3) is 3.92. The van der Waals surface area contributed by atoms with Gasteiger partial charge in [-0.3, -0.25) is 0 Å². The zero-order valence-corrected chi connectivity index (χ0v) is 7.57. The smallest absolute Gasteiger partial charge is 0.0697 e. The molecule has 0 aliphatic heterocycles. The SMILES string of the molecule is Nc1ccc(CCOCCO)cc1. The van der Waals surface area contributed by atoms with Gasteiger partial charge in [-0.15, -0.1) is 0 Å². The maximum atomic E-state index is 8.46. The second-order valence-corrected chi connectivity index (χ2v) is 2.83. The number of benzene rings is 1. The van der Waals surface area contributed by atoms with Gasteiger partial charge in [-0.25, -0.2) is 0 Å². The number of ether oxygens (including phenoxy) is 1. The molecular weight excluding hydrogens is 166 g/mol. The first kappa shape index (κ1) is 10.0. The highest BCUT2D eigenvalue weighted by Crippen LogP contribution is 2.05. The summed E-state index contributed by atoms with van der Waals surface area (Å²) in [7, 11) is 0. The van der Waals surface area contributed by atoms with E-state index >= 15 is 0 Å². The van der Waals surface area contributed by atoms with Gasteiger partial charge in [-0.1, -0.05) is 12.1 Å². The topological polar surface area (TPSA) is 55.5 Å². The number of hydrogen-bond acceptors (Lipinski definition) is 3. The number of nitrogens with two attached hydrogens (primary N) is 1. The lowest BCUT2D eigenvalue weighted by Gasteiger charge is -2.02. The Hall–Kier alpha value is -1.06. The van der Waals surface area contributed by atoms with Crippen LogP contribution in [0, 0.1) is 0 Å². The van der Waals surface area contributed by atoms with E-state index in [-0.39, 0.29) is 6.61 Å². The van der Waals surface area contributed by atoms with Crippen LogP contribution in [0.3, 0.4) is 0 Å². The molecule has 0 unspecified atom stereocenters. The molecule has 3 heteroatoms. The normalized spacial score (nSPS) is 10.2. The molecule has 1 rings (SSSR count). The summed E-state index contributed by atoms with van der Waals surface area (Å²) in [5.74, 6) is 0. The maximum absolute atomic E-state index is 8.46. The molecule has 3 N–H and O–H groups in total. The van der Waals surface area contributed by atoms with E-state index in [9.17, 15) is 0 Å². The first-order chi connectivity index (χ1) is 6.33. The summed E-state index contributed by atoms with van der Waals surface area (Å²) in [5.41, 5.74) is 7.52. The predicted octanol–water partition coefficient (Wildman–Crippen LogP) is 0.820. The van der Waals surface area contributed by atoms with Crippen molar-refractivity contribution in [2.24, 2.45) is 0 Å². The highest BCUT2D eigenvalue weighted by atomic mass is 16.5. The summed E-state index contributed by atoms with van der Waals surface area (Å²) < 4.78 is 5.14. The van der Waals surface area contributed by atoms with E-state index in [1.807, 2.05) is 24.3 Å². The van der Waals surface area contributed by atoms with Crippen molar-refractivity contribution >= 4 is 5.69 Å². The lowest BCUT2D eigenvalue weighted by molar-refractivity contribution is 0.0944. The summed E-state index contributed by atoms with van der Waals surface area (Å²) >= 11 is 0. The summed E-state index contributed by atoms with van der Waals surface area (Å²) in [6.45, 7) is 1.14. The van der Waals surface area contributed by atoms with Crippen molar-refractivity contribution in [3.8, 4) is 0 Å². The van der Waals surface area contributed by atoms with E-state index in [0.717, 1.165) is 12.1 Å². The molecule has 1 aromatic rings. The first-order valence-corrected chi connectivity index (χ1v) is 4.36. The molecule has 0 amide bonds. The molecule has 3 nitrogen and oxygen atoms in total. The maximum Gasteiger partial charge on any atom is 0.0697 e. The van der Waals surface area contributed by atoms with Crippen LogP contribution in [0.2, 0.25) is 0 Å². The van der Waals surface area contributed by atoms with Gasteiger partial charge in [0.2, 0.25) is 0 Å². The van der Waals surface area contributed by atoms with Gasteiger partial charge in [-0.05, 0) is 24.1 Å². The Morgan fingerprint density at radius 3 is 2.46 bits per heavy atom. The molecule has 0 aromatic heterocycles. The number of anilines is 1. The molecule has 0 heterocycles. The fraction of sp³-hybridized carbons (Fsp3) is 0.400. The molecule has 0 saturated heterocycles. The lowest BCUT2D eigenvalue weighted by atomic mass is 10.1. The Labute approximate surface area is 78.1 Å². The minimum Gasteiger partial charge on any atom is -0.399 e. The largest absolute Gasteiger partial charge is 0.399 e. The fourth-order valence-corrected chi connectivity index (χ4v) is 1.04. The van der Waals surface area contributed by atoms with Crippen molar-refractivity contribution in [2.75, 3.05) is 25.6 Å². The average Bonchev–Trinajstić information content (AvgIpc) is 2.15. The molecule has 0 fully saturated rings. The quantitative estimate of drug-likeness (QED) is 0.522. The van der Waals surface area contributed by atoms with Gasteiger partial charge in [0.15, 0.2) is 0 Å². The molecule has 0 radical (unpaired) electrons. The van der Waals surface area contributed by atoms with Gasteiger partial charge in [0.25, 0.3) is 0 Å². The van der Waals surface area contributed by atoms with Gasteiger partial charge in [0.1, 0.15) is 0 Å². The van der Waals surface area contributed by atoms with Crippen LogP contribution in [0.5, 0.6) is 0 Å². The second kappa shape index (κ2) is 5.56. The number of aliphatic hydroxyl groups is 1. The van der Waals surface area contributed by atoms with E-state index in [2.05, 4.69) is 0 Å². The Bertz CT molecular complexity index is 233. The lowest BCUT2D eigenvalue weighted by Crippen LogP contribution is -2.03. The zero-order valence-electron chi connectivity index (χ0n) is 7.57. The average molecular weight is 181 g/mol. The third-order valence-corrected chi connectivity index (χ3v) is 1.75. The van der Waals surface area contributed by atoms with Crippen molar-refractivity contribution in [1.29, 1.82) is 0 Å². The molecule has 0 aliphatic carbocycles. The van der Waals surface area contributed by atoms with Crippen molar-refractivity contribution in [2.45, 2.75) is 6.42 Å². The van der Waals surface area contributed by atoms with Crippen LogP contribution < -0.4 is 5.73 Å². The number of nitrogen functional groups attached to an aromatic ring is 1. The van der Waals surface area contributed by atoms with Crippen molar-refractivity contribution in [3.63, 3.8) is 0 Å². The van der Waals surface area contributed by atoms with Gasteiger partial charge in [-0.2, -0.15) is 0 Å². The van der Waals surface area contributed by atoms with Crippen LogP contribution in [0.25, 0.3) is 0 Å². The van der Waals surface area contributed by atoms with Crippen molar-refractivity contribution < 1.29 is 9.84 Å². The van der Waals surface area contributed by atoms with Crippen LogP contribution in [-0.2, 0) is 11.2 Å². The molecule has 13 heavy (non-hydrogen) atoms. The molecule has 0 spiro atoms. The van der Waals surface area contributed by atoms with Gasteiger partial charge < -0.3 is 15.6 Å². The highest BCUT2D eigenvalue weighted by Gasteiger charge is 1.92. The monoisotopic (exact) mass is 181 g/mol. The van der Waals surface area contributed by atoms with Crippen molar-refractivity contribution in [1.82, 2.24) is 0 Å². The summed E-state index contributed by atoms with van der Waals surface area (Å²) in [6.07, 6.45) is 0.861. The van der Waals surface area contributed by atoms with E-state index in [1.54, 1.807) is 0 Å². The fourth-order valence-electron chi connectivity index (χ4n) is 1.04. The number of rotatable bonds is 5. The first-order valence-electron chi connectivity index (χ1n) is 4.36. The van der Waals surface area contributed by atoms with Gasteiger partial charge >= 0.3 is 0 Å². The molecule has 0 aliphatic rings. The molecular formula is C10H15NO2. The Kier molecular flexibility index (Phi) is 4.29. The second-order valence-electron chi connectivity index (χ2n) is 2.83. The molecule has 72 valence electrons. The third-order valence-electron chi connectivity index (χ3n) is 1.75. The van der Waals surface area contributed by atoms with E-state index in [1.165, 1.54) is 5.56 Å². The zero-order chi connectivity index (χ0) is 9.52. The van der Waals surface area contributed by atoms with E-state index < -0.39 is 0 Å². The van der Waals surface area contributed by atoms with Gasteiger partial charge in [0.05, 0.1) is 19.8 Å². The Morgan fingerprint density at radius 2 is 1.85 bits per heavy atom. The van der Waals surface area contributed by atoms with Gasteiger partial charge in [0, 0.05) is 5.69 Å². The van der Waals surface area contributed by atoms with E-state index in [0.29, 0.717) is 13.2 Å². The summed E-state index contributed by atoms with van der Waals surface area (Å²) in [4.78, 5) is 0. The van der Waals surface area contributed by atoms with E-state index in [4.69, 9.17) is 15.6 Å². The number of aliphatic hydroxyl groups excluding tert-OH is 1. The van der Waals surface area contributed by atoms with Crippen LogP contribution in [0.4, 0.5) is 5.69 Å². The molecule has 0 atom stereocenters. The highest BCUT2D eigenvalue weighted by molar-refractivity contribution is 5.39. The predicted molar refractivity (Wildman–Crippen MR) is 52.5 cm³/mol. The molecule has 0 saturated carbocycles. The number of hydrogen-bond donors (Lipinski definition) is 2. The summed E-state index contributed by atoms with van der Waals surface area (Å²) in [6, 6.07) is 7.72.